The lowest BCUT2D eigenvalue weighted by Crippen LogP contribution is -2.39. The molecule has 94 valence electrons. The van der Waals surface area contributed by atoms with Gasteiger partial charge < -0.3 is 15.4 Å². The summed E-state index contributed by atoms with van der Waals surface area (Å²) in [6, 6.07) is -0.0351. The monoisotopic (exact) mass is 228 g/mol. The highest BCUT2D eigenvalue weighted by atomic mass is 16.5. The molecule has 4 heteroatoms. The van der Waals surface area contributed by atoms with Crippen LogP contribution >= 0.6 is 0 Å². The summed E-state index contributed by atoms with van der Waals surface area (Å²) in [6.45, 7) is 7.51. The van der Waals surface area contributed by atoms with E-state index in [1.807, 2.05) is 0 Å². The van der Waals surface area contributed by atoms with E-state index in [0.29, 0.717) is 11.8 Å². The number of hydrogen-bond acceptors (Lipinski definition) is 2. The molecule has 1 aliphatic heterocycles. The number of urea groups is 1. The van der Waals surface area contributed by atoms with Crippen LogP contribution in [0.2, 0.25) is 0 Å². The lowest BCUT2D eigenvalue weighted by molar-refractivity contribution is 0.0669. The maximum absolute atomic E-state index is 11.4. The lowest BCUT2D eigenvalue weighted by Gasteiger charge is -2.22. The second-order valence-corrected chi connectivity index (χ2v) is 4.88. The van der Waals surface area contributed by atoms with Gasteiger partial charge in [0.25, 0.3) is 0 Å². The first-order valence-corrected chi connectivity index (χ1v) is 6.28. The van der Waals surface area contributed by atoms with Crippen molar-refractivity contribution in [1.29, 1.82) is 0 Å². The molecule has 16 heavy (non-hydrogen) atoms. The van der Waals surface area contributed by atoms with Crippen LogP contribution in [-0.4, -0.2) is 32.3 Å². The third kappa shape index (κ3) is 5.95. The summed E-state index contributed by atoms with van der Waals surface area (Å²) in [5.74, 6) is 1.22. The van der Waals surface area contributed by atoms with E-state index >= 15 is 0 Å². The molecule has 1 fully saturated rings. The number of amides is 2. The summed E-state index contributed by atoms with van der Waals surface area (Å²) >= 11 is 0. The Hall–Kier alpha value is -0.770. The Morgan fingerprint density at radius 2 is 2.00 bits per heavy atom. The van der Waals surface area contributed by atoms with Crippen LogP contribution in [0.3, 0.4) is 0 Å². The van der Waals surface area contributed by atoms with Crippen molar-refractivity contribution in [3.8, 4) is 0 Å². The van der Waals surface area contributed by atoms with Gasteiger partial charge >= 0.3 is 6.03 Å². The Balaban J connectivity index is 2.00. The van der Waals surface area contributed by atoms with E-state index in [1.54, 1.807) is 0 Å². The number of ether oxygens (including phenoxy) is 1. The fourth-order valence-electron chi connectivity index (χ4n) is 1.72. The fourth-order valence-corrected chi connectivity index (χ4v) is 1.72. The van der Waals surface area contributed by atoms with Crippen LogP contribution in [0, 0.1) is 11.8 Å². The molecular formula is C12H24N2O2. The second kappa shape index (κ2) is 7.49. The van der Waals surface area contributed by atoms with E-state index in [4.69, 9.17) is 4.74 Å². The quantitative estimate of drug-likeness (QED) is 0.753. The summed E-state index contributed by atoms with van der Waals surface area (Å²) < 4.78 is 5.27. The van der Waals surface area contributed by atoms with E-state index in [-0.39, 0.29) is 6.03 Å². The molecule has 2 N–H and O–H groups in total. The molecule has 0 aromatic rings. The van der Waals surface area contributed by atoms with Crippen molar-refractivity contribution >= 4 is 6.03 Å². The molecule has 1 rings (SSSR count). The van der Waals surface area contributed by atoms with Gasteiger partial charge in [-0.05, 0) is 31.1 Å². The lowest BCUT2D eigenvalue weighted by atomic mass is 10.0. The topological polar surface area (TPSA) is 50.4 Å². The Kier molecular flexibility index (Phi) is 6.23. The van der Waals surface area contributed by atoms with Crippen molar-refractivity contribution in [3.63, 3.8) is 0 Å². The molecular weight excluding hydrogens is 204 g/mol. The molecule has 0 saturated carbocycles. The standard InChI is InChI=1S/C12H24N2O2/c1-10(2)3-6-13-12(15)14-9-11-4-7-16-8-5-11/h10-11H,3-9H2,1-2H3,(H2,13,14,15). The zero-order valence-electron chi connectivity index (χ0n) is 10.4. The van der Waals surface area contributed by atoms with Crippen LogP contribution in [0.15, 0.2) is 0 Å². The van der Waals surface area contributed by atoms with Gasteiger partial charge in [0.05, 0.1) is 0 Å². The summed E-state index contributed by atoms with van der Waals surface area (Å²) in [4.78, 5) is 11.4. The van der Waals surface area contributed by atoms with Gasteiger partial charge in [-0.2, -0.15) is 0 Å². The first-order valence-electron chi connectivity index (χ1n) is 6.28. The van der Waals surface area contributed by atoms with E-state index in [2.05, 4.69) is 24.5 Å². The number of hydrogen-bond donors (Lipinski definition) is 2. The molecule has 2 amide bonds. The molecule has 4 nitrogen and oxygen atoms in total. The third-order valence-corrected chi connectivity index (χ3v) is 2.90. The normalized spacial score (nSPS) is 17.4. The van der Waals surface area contributed by atoms with Crippen molar-refractivity contribution in [2.45, 2.75) is 33.1 Å². The highest BCUT2D eigenvalue weighted by Gasteiger charge is 2.14. The maximum Gasteiger partial charge on any atom is 0.314 e. The largest absolute Gasteiger partial charge is 0.381 e. The van der Waals surface area contributed by atoms with Gasteiger partial charge in [-0.15, -0.1) is 0 Å². The molecule has 0 spiro atoms. The number of carbonyl (C=O) groups excluding carboxylic acids is 1. The van der Waals surface area contributed by atoms with Crippen LogP contribution < -0.4 is 10.6 Å². The van der Waals surface area contributed by atoms with Crippen molar-refractivity contribution in [2.75, 3.05) is 26.3 Å². The molecule has 0 aliphatic carbocycles. The molecule has 0 aromatic heterocycles. The minimum atomic E-state index is -0.0351. The maximum atomic E-state index is 11.4. The zero-order valence-corrected chi connectivity index (χ0v) is 10.4. The smallest absolute Gasteiger partial charge is 0.314 e. The van der Waals surface area contributed by atoms with E-state index in [0.717, 1.165) is 45.6 Å². The summed E-state index contributed by atoms with van der Waals surface area (Å²) in [5, 5.41) is 5.79. The van der Waals surface area contributed by atoms with E-state index < -0.39 is 0 Å². The number of carbonyl (C=O) groups is 1. The summed E-state index contributed by atoms with van der Waals surface area (Å²) in [6.07, 6.45) is 3.16. The zero-order chi connectivity index (χ0) is 11.8. The van der Waals surface area contributed by atoms with Crippen molar-refractivity contribution in [1.82, 2.24) is 10.6 Å². The van der Waals surface area contributed by atoms with E-state index in [1.165, 1.54) is 0 Å². The Labute approximate surface area is 98.1 Å². The van der Waals surface area contributed by atoms with Gasteiger partial charge in [0, 0.05) is 26.3 Å². The van der Waals surface area contributed by atoms with Gasteiger partial charge in [-0.1, -0.05) is 13.8 Å². The van der Waals surface area contributed by atoms with Gasteiger partial charge in [-0.25, -0.2) is 4.79 Å². The third-order valence-electron chi connectivity index (χ3n) is 2.90. The molecule has 0 radical (unpaired) electrons. The molecule has 0 atom stereocenters. The summed E-state index contributed by atoms with van der Waals surface area (Å²) in [5.41, 5.74) is 0. The predicted molar refractivity (Wildman–Crippen MR) is 64.4 cm³/mol. The van der Waals surface area contributed by atoms with Crippen LogP contribution in [0.5, 0.6) is 0 Å². The van der Waals surface area contributed by atoms with Crippen molar-refractivity contribution < 1.29 is 9.53 Å². The van der Waals surface area contributed by atoms with E-state index in [9.17, 15) is 4.79 Å². The van der Waals surface area contributed by atoms with Crippen molar-refractivity contribution in [2.24, 2.45) is 11.8 Å². The minimum Gasteiger partial charge on any atom is -0.381 e. The van der Waals surface area contributed by atoms with Crippen LogP contribution in [0.25, 0.3) is 0 Å². The van der Waals surface area contributed by atoms with Gasteiger partial charge in [0.15, 0.2) is 0 Å². The van der Waals surface area contributed by atoms with Crippen molar-refractivity contribution in [3.05, 3.63) is 0 Å². The Morgan fingerprint density at radius 1 is 1.31 bits per heavy atom. The molecule has 1 saturated heterocycles. The fraction of sp³-hybridized carbons (Fsp3) is 0.917. The summed E-state index contributed by atoms with van der Waals surface area (Å²) in [7, 11) is 0. The average molecular weight is 228 g/mol. The minimum absolute atomic E-state index is 0.0351. The molecule has 0 bridgehead atoms. The van der Waals surface area contributed by atoms with Gasteiger partial charge in [0.1, 0.15) is 0 Å². The second-order valence-electron chi connectivity index (χ2n) is 4.88. The van der Waals surface area contributed by atoms with Gasteiger partial charge in [0.2, 0.25) is 0 Å². The Bertz CT molecular complexity index is 201. The number of nitrogens with one attached hydrogen (secondary N) is 2. The van der Waals surface area contributed by atoms with Crippen LogP contribution in [0.4, 0.5) is 4.79 Å². The van der Waals surface area contributed by atoms with Crippen LogP contribution in [-0.2, 0) is 4.74 Å². The highest BCUT2D eigenvalue weighted by molar-refractivity contribution is 5.73. The Morgan fingerprint density at radius 3 is 2.62 bits per heavy atom. The predicted octanol–water partition coefficient (Wildman–Crippen LogP) is 1.76. The molecule has 0 unspecified atom stereocenters. The SMILES string of the molecule is CC(C)CCNC(=O)NCC1CCOCC1. The van der Waals surface area contributed by atoms with Gasteiger partial charge in [-0.3, -0.25) is 0 Å². The average Bonchev–Trinajstić information content (AvgIpc) is 2.27. The molecule has 0 aromatic carbocycles. The number of rotatable bonds is 5. The molecule has 1 aliphatic rings. The van der Waals surface area contributed by atoms with Crippen LogP contribution in [0.1, 0.15) is 33.1 Å². The highest BCUT2D eigenvalue weighted by Crippen LogP contribution is 2.12. The molecule has 1 heterocycles. The first kappa shape index (κ1) is 13.3. The first-order chi connectivity index (χ1) is 7.68.